The van der Waals surface area contributed by atoms with E-state index < -0.39 is 7.12 Å². The Morgan fingerprint density at radius 2 is 2.04 bits per heavy atom. The van der Waals surface area contributed by atoms with Gasteiger partial charge < -0.3 is 19.2 Å². The van der Waals surface area contributed by atoms with Gasteiger partial charge in [-0.1, -0.05) is 13.0 Å². The Labute approximate surface area is 149 Å². The van der Waals surface area contributed by atoms with Gasteiger partial charge in [-0.2, -0.15) is 0 Å². The summed E-state index contributed by atoms with van der Waals surface area (Å²) in [5.41, 5.74) is 3.13. The summed E-state index contributed by atoms with van der Waals surface area (Å²) in [6.45, 7) is 5.82. The second-order valence-corrected chi connectivity index (χ2v) is 6.17. The molecule has 0 saturated carbocycles. The summed E-state index contributed by atoms with van der Waals surface area (Å²) < 4.78 is 16.8. The fourth-order valence-electron chi connectivity index (χ4n) is 2.97. The Morgan fingerprint density at radius 1 is 1.16 bits per heavy atom. The van der Waals surface area contributed by atoms with Gasteiger partial charge in [0.1, 0.15) is 0 Å². The second kappa shape index (κ2) is 8.36. The number of ether oxygens (including phenoxy) is 2. The van der Waals surface area contributed by atoms with E-state index >= 15 is 0 Å². The van der Waals surface area contributed by atoms with E-state index in [4.69, 9.17) is 14.1 Å². The predicted octanol–water partition coefficient (Wildman–Crippen LogP) is 3.53. The number of hydrogen-bond acceptors (Lipinski definition) is 5. The maximum Gasteiger partial charge on any atom is 0.454 e. The van der Waals surface area contributed by atoms with Crippen molar-refractivity contribution in [3.63, 3.8) is 0 Å². The number of hydrogen-bond donors (Lipinski definition) is 1. The first-order chi connectivity index (χ1) is 12.2. The molecule has 0 radical (unpaired) electrons. The minimum atomic E-state index is -0.673. The van der Waals surface area contributed by atoms with E-state index in [2.05, 4.69) is 18.0 Å². The normalized spacial score (nSPS) is 16.9. The summed E-state index contributed by atoms with van der Waals surface area (Å²) in [5.74, 6) is 1.70. The average Bonchev–Trinajstić information content (AvgIpc) is 3.08. The van der Waals surface area contributed by atoms with E-state index in [1.54, 1.807) is 0 Å². The molecule has 1 saturated heterocycles. The molecular formula is C19H24BNO4. The lowest BCUT2D eigenvalue weighted by atomic mass is 9.80. The average molecular weight is 341 g/mol. The summed E-state index contributed by atoms with van der Waals surface area (Å²) in [6.07, 6.45) is 5.24. The zero-order valence-electron chi connectivity index (χ0n) is 14.8. The molecule has 132 valence electrons. The van der Waals surface area contributed by atoms with Crippen molar-refractivity contribution >= 4 is 7.12 Å². The Hall–Kier alpha value is -2.05. The third kappa shape index (κ3) is 4.33. The number of pyridine rings is 1. The molecule has 0 unspecified atom stereocenters. The first kappa shape index (κ1) is 17.8. The molecule has 0 bridgehead atoms. The minimum absolute atomic E-state index is 0.181. The van der Waals surface area contributed by atoms with Gasteiger partial charge in [0.25, 0.3) is 0 Å². The molecule has 2 aromatic rings. The molecule has 6 heteroatoms. The summed E-state index contributed by atoms with van der Waals surface area (Å²) >= 11 is 0. The van der Waals surface area contributed by atoms with Crippen molar-refractivity contribution in [1.29, 1.82) is 0 Å². The summed E-state index contributed by atoms with van der Waals surface area (Å²) in [5, 5.41) is 9.57. The standard InChI is InChI=1S/C19H24BNO4/c1-3-7-24-19-9-14(5-6-18(19)23-4-2)15-8-16(12-21-11-15)17-10-20(22)25-13-17/h5-6,8-9,11-12,17,22H,3-4,7,10,13H2,1-2H3/t17-/m1/s1. The highest BCUT2D eigenvalue weighted by Crippen LogP contribution is 2.35. The molecule has 0 spiro atoms. The van der Waals surface area contributed by atoms with E-state index in [-0.39, 0.29) is 5.92 Å². The zero-order chi connectivity index (χ0) is 17.6. The fraction of sp³-hybridized carbons (Fsp3) is 0.421. The maximum absolute atomic E-state index is 9.57. The SMILES string of the molecule is CCCOc1cc(-c2cncc([C@H]3COB(O)C3)c2)ccc1OCC. The Bertz CT molecular complexity index is 710. The number of rotatable bonds is 7. The van der Waals surface area contributed by atoms with Crippen LogP contribution < -0.4 is 9.47 Å². The van der Waals surface area contributed by atoms with E-state index in [9.17, 15) is 5.02 Å². The van der Waals surface area contributed by atoms with Crippen molar-refractivity contribution in [1.82, 2.24) is 4.98 Å². The number of benzene rings is 1. The van der Waals surface area contributed by atoms with Crippen LogP contribution in [0, 0.1) is 0 Å². The lowest BCUT2D eigenvalue weighted by molar-refractivity contribution is 0.277. The van der Waals surface area contributed by atoms with Gasteiger partial charge >= 0.3 is 7.12 Å². The topological polar surface area (TPSA) is 60.8 Å². The number of aromatic nitrogens is 1. The monoisotopic (exact) mass is 341 g/mol. The lowest BCUT2D eigenvalue weighted by Gasteiger charge is -2.14. The molecule has 2 heterocycles. The van der Waals surface area contributed by atoms with Gasteiger partial charge in [-0.15, -0.1) is 0 Å². The molecule has 1 fully saturated rings. The maximum atomic E-state index is 9.57. The van der Waals surface area contributed by atoms with Crippen molar-refractivity contribution < 1.29 is 19.2 Å². The van der Waals surface area contributed by atoms with Crippen LogP contribution >= 0.6 is 0 Å². The van der Waals surface area contributed by atoms with Gasteiger partial charge in [-0.3, -0.25) is 4.98 Å². The Kier molecular flexibility index (Phi) is 5.94. The van der Waals surface area contributed by atoms with Crippen LogP contribution in [0.2, 0.25) is 6.32 Å². The van der Waals surface area contributed by atoms with Gasteiger partial charge in [0.05, 0.1) is 13.2 Å². The quantitative estimate of drug-likeness (QED) is 0.781. The van der Waals surface area contributed by atoms with Crippen LogP contribution in [0.15, 0.2) is 36.7 Å². The van der Waals surface area contributed by atoms with Gasteiger partial charge in [0, 0.05) is 30.5 Å². The van der Waals surface area contributed by atoms with Crippen molar-refractivity contribution in [3.8, 4) is 22.6 Å². The molecule has 1 aromatic carbocycles. The largest absolute Gasteiger partial charge is 0.490 e. The van der Waals surface area contributed by atoms with Crippen LogP contribution in [0.1, 0.15) is 31.7 Å². The molecule has 1 aliphatic heterocycles. The highest BCUT2D eigenvalue weighted by Gasteiger charge is 2.30. The predicted molar refractivity (Wildman–Crippen MR) is 98.1 cm³/mol. The third-order valence-corrected chi connectivity index (χ3v) is 4.25. The van der Waals surface area contributed by atoms with Gasteiger partial charge in [-0.05, 0) is 49.0 Å². The third-order valence-electron chi connectivity index (χ3n) is 4.25. The molecule has 1 aromatic heterocycles. The molecule has 25 heavy (non-hydrogen) atoms. The van der Waals surface area contributed by atoms with E-state index in [1.165, 1.54) is 0 Å². The molecule has 1 aliphatic rings. The summed E-state index contributed by atoms with van der Waals surface area (Å²) in [7, 11) is -0.673. The van der Waals surface area contributed by atoms with E-state index in [1.807, 2.05) is 37.5 Å². The Morgan fingerprint density at radius 3 is 2.76 bits per heavy atom. The van der Waals surface area contributed by atoms with Crippen molar-refractivity contribution in [2.45, 2.75) is 32.5 Å². The smallest absolute Gasteiger partial charge is 0.454 e. The fourth-order valence-corrected chi connectivity index (χ4v) is 2.97. The molecule has 3 rings (SSSR count). The Balaban J connectivity index is 1.87. The summed E-state index contributed by atoms with van der Waals surface area (Å²) in [4.78, 5) is 4.37. The van der Waals surface area contributed by atoms with E-state index in [0.29, 0.717) is 26.1 Å². The van der Waals surface area contributed by atoms with Crippen LogP contribution in [0.4, 0.5) is 0 Å². The van der Waals surface area contributed by atoms with Gasteiger partial charge in [0.2, 0.25) is 0 Å². The summed E-state index contributed by atoms with van der Waals surface area (Å²) in [6, 6.07) is 8.07. The van der Waals surface area contributed by atoms with Crippen LogP contribution in [0.5, 0.6) is 11.5 Å². The second-order valence-electron chi connectivity index (χ2n) is 6.17. The van der Waals surface area contributed by atoms with Crippen molar-refractivity contribution in [2.75, 3.05) is 19.8 Å². The molecule has 0 aliphatic carbocycles. The molecule has 5 nitrogen and oxygen atoms in total. The zero-order valence-corrected chi connectivity index (χ0v) is 14.8. The molecule has 1 atom stereocenters. The van der Waals surface area contributed by atoms with E-state index in [0.717, 1.165) is 34.6 Å². The molecule has 1 N–H and O–H groups in total. The molecule has 0 amide bonds. The number of nitrogens with zero attached hydrogens (tertiary/aromatic N) is 1. The van der Waals surface area contributed by atoms with Crippen LogP contribution in [0.25, 0.3) is 11.1 Å². The van der Waals surface area contributed by atoms with Gasteiger partial charge in [0.15, 0.2) is 11.5 Å². The highest BCUT2D eigenvalue weighted by atomic mass is 16.5. The van der Waals surface area contributed by atoms with Crippen LogP contribution in [-0.4, -0.2) is 36.9 Å². The molecular weight excluding hydrogens is 317 g/mol. The first-order valence-electron chi connectivity index (χ1n) is 8.85. The lowest BCUT2D eigenvalue weighted by Crippen LogP contribution is -2.07. The van der Waals surface area contributed by atoms with Crippen molar-refractivity contribution in [3.05, 3.63) is 42.2 Å². The van der Waals surface area contributed by atoms with Gasteiger partial charge in [-0.25, -0.2) is 0 Å². The first-order valence-corrected chi connectivity index (χ1v) is 8.85. The van der Waals surface area contributed by atoms with Crippen LogP contribution in [0.3, 0.4) is 0 Å². The van der Waals surface area contributed by atoms with Crippen molar-refractivity contribution in [2.24, 2.45) is 0 Å². The highest BCUT2D eigenvalue weighted by molar-refractivity contribution is 6.43. The minimum Gasteiger partial charge on any atom is -0.490 e. The van der Waals surface area contributed by atoms with Crippen LogP contribution in [-0.2, 0) is 4.65 Å².